The molecule has 2 aliphatic rings. The minimum atomic E-state index is -0.649. The third-order valence-electron chi connectivity index (χ3n) is 5.44. The number of piperidine rings is 1. The minimum Gasteiger partial charge on any atom is -0.444 e. The van der Waals surface area contributed by atoms with E-state index < -0.39 is 17.4 Å². The van der Waals surface area contributed by atoms with Crippen molar-refractivity contribution in [3.8, 4) is 0 Å². The van der Waals surface area contributed by atoms with Gasteiger partial charge in [-0.05, 0) is 33.3 Å². The molecular formula is C22H31N5O4. The summed E-state index contributed by atoms with van der Waals surface area (Å²) in [5.41, 5.74) is 1.99. The molecule has 1 unspecified atom stereocenters. The van der Waals surface area contributed by atoms with Crippen molar-refractivity contribution in [1.29, 1.82) is 5.41 Å². The maximum absolute atomic E-state index is 12.3. The summed E-state index contributed by atoms with van der Waals surface area (Å²) in [5.74, 6) is -1.36. The van der Waals surface area contributed by atoms with Crippen LogP contribution in [-0.4, -0.2) is 67.3 Å². The number of para-hydroxylation sites is 1. The molecular weight excluding hydrogens is 398 g/mol. The van der Waals surface area contributed by atoms with E-state index in [-0.39, 0.29) is 24.1 Å². The average molecular weight is 430 g/mol. The second kappa shape index (κ2) is 8.95. The van der Waals surface area contributed by atoms with E-state index in [0.29, 0.717) is 38.2 Å². The fraction of sp³-hybridized carbons (Fsp3) is 0.545. The van der Waals surface area contributed by atoms with Crippen LogP contribution in [0, 0.1) is 11.3 Å². The molecule has 0 spiro atoms. The van der Waals surface area contributed by atoms with Crippen molar-refractivity contribution in [1.82, 2.24) is 10.2 Å². The van der Waals surface area contributed by atoms with Crippen molar-refractivity contribution in [2.24, 2.45) is 5.92 Å². The molecule has 0 radical (unpaired) electrons. The molecule has 3 N–H and O–H groups in total. The van der Waals surface area contributed by atoms with Gasteiger partial charge >= 0.3 is 6.09 Å². The highest BCUT2D eigenvalue weighted by Crippen LogP contribution is 2.33. The van der Waals surface area contributed by atoms with Crippen LogP contribution in [0.4, 0.5) is 16.2 Å². The van der Waals surface area contributed by atoms with Gasteiger partial charge in [0, 0.05) is 45.2 Å². The van der Waals surface area contributed by atoms with Crippen LogP contribution in [0.2, 0.25) is 0 Å². The molecule has 2 heterocycles. The van der Waals surface area contributed by atoms with Crippen LogP contribution in [0.25, 0.3) is 0 Å². The SMILES string of the molecule is CNc1c(C(=N)C2CCC(=O)NC2=O)cccc1N1CCN(C(=O)OC(C)(C)C)CC1. The zero-order chi connectivity index (χ0) is 22.8. The number of rotatable bonds is 4. The standard InChI is InChI=1S/C22H31N5O4/c1-22(2,3)31-21(30)27-12-10-26(11-13-27)16-7-5-6-14(19(16)24-4)18(23)15-8-9-17(28)25-20(15)29/h5-7,15,23-24H,8-13H2,1-4H3,(H,25,28,29). The molecule has 9 heteroatoms. The van der Waals surface area contributed by atoms with E-state index in [1.165, 1.54) is 0 Å². The Bertz CT molecular complexity index is 884. The Kier molecular flexibility index (Phi) is 6.52. The molecule has 2 aliphatic heterocycles. The molecule has 1 atom stereocenters. The lowest BCUT2D eigenvalue weighted by atomic mass is 9.88. The average Bonchev–Trinajstić information content (AvgIpc) is 2.71. The molecule has 2 fully saturated rings. The molecule has 9 nitrogen and oxygen atoms in total. The lowest BCUT2D eigenvalue weighted by Gasteiger charge is -2.37. The van der Waals surface area contributed by atoms with Crippen molar-refractivity contribution >= 4 is 35.0 Å². The molecule has 0 saturated carbocycles. The number of hydrogen-bond acceptors (Lipinski definition) is 7. The van der Waals surface area contributed by atoms with E-state index in [4.69, 9.17) is 10.1 Å². The zero-order valence-corrected chi connectivity index (χ0v) is 18.6. The van der Waals surface area contributed by atoms with Crippen LogP contribution >= 0.6 is 0 Å². The molecule has 2 saturated heterocycles. The number of carbonyl (C=O) groups excluding carboxylic acids is 3. The van der Waals surface area contributed by atoms with E-state index in [2.05, 4.69) is 15.5 Å². The second-order valence-electron chi connectivity index (χ2n) is 8.82. The number of anilines is 2. The minimum absolute atomic E-state index is 0.198. The van der Waals surface area contributed by atoms with E-state index in [1.807, 2.05) is 39.0 Å². The summed E-state index contributed by atoms with van der Waals surface area (Å²) in [6, 6.07) is 5.65. The highest BCUT2D eigenvalue weighted by molar-refractivity contribution is 6.18. The van der Waals surface area contributed by atoms with Gasteiger partial charge in [0.2, 0.25) is 11.8 Å². The number of hydrogen-bond donors (Lipinski definition) is 3. The van der Waals surface area contributed by atoms with Gasteiger partial charge in [-0.2, -0.15) is 0 Å². The Labute approximate surface area is 182 Å². The number of ether oxygens (including phenoxy) is 1. The number of nitrogens with one attached hydrogen (secondary N) is 3. The first-order valence-corrected chi connectivity index (χ1v) is 10.6. The Morgan fingerprint density at radius 3 is 2.45 bits per heavy atom. The Hall–Kier alpha value is -3.10. The predicted molar refractivity (Wildman–Crippen MR) is 119 cm³/mol. The summed E-state index contributed by atoms with van der Waals surface area (Å²) in [6.07, 6.45) is 0.264. The monoisotopic (exact) mass is 429 g/mol. The van der Waals surface area contributed by atoms with Gasteiger partial charge < -0.3 is 25.3 Å². The molecule has 0 aromatic heterocycles. The van der Waals surface area contributed by atoms with Crippen molar-refractivity contribution in [2.75, 3.05) is 43.4 Å². The molecule has 1 aromatic rings. The van der Waals surface area contributed by atoms with E-state index >= 15 is 0 Å². The fourth-order valence-electron chi connectivity index (χ4n) is 3.90. The number of carbonyl (C=O) groups is 3. The van der Waals surface area contributed by atoms with E-state index in [1.54, 1.807) is 11.9 Å². The number of amides is 3. The van der Waals surface area contributed by atoms with E-state index in [9.17, 15) is 14.4 Å². The summed E-state index contributed by atoms with van der Waals surface area (Å²) in [5, 5.41) is 14.2. The van der Waals surface area contributed by atoms with E-state index in [0.717, 1.165) is 11.4 Å². The van der Waals surface area contributed by atoms with Crippen LogP contribution < -0.4 is 15.5 Å². The second-order valence-corrected chi connectivity index (χ2v) is 8.82. The third-order valence-corrected chi connectivity index (χ3v) is 5.44. The summed E-state index contributed by atoms with van der Waals surface area (Å²) in [4.78, 5) is 39.9. The third kappa shape index (κ3) is 5.15. The normalized spacial score (nSPS) is 19.7. The molecule has 168 valence electrons. The first-order valence-electron chi connectivity index (χ1n) is 10.6. The summed E-state index contributed by atoms with van der Waals surface area (Å²) < 4.78 is 5.46. The number of benzene rings is 1. The smallest absolute Gasteiger partial charge is 0.410 e. The largest absolute Gasteiger partial charge is 0.444 e. The van der Waals surface area contributed by atoms with Gasteiger partial charge in [0.25, 0.3) is 0 Å². The van der Waals surface area contributed by atoms with Crippen LogP contribution in [0.3, 0.4) is 0 Å². The molecule has 3 amide bonds. The maximum atomic E-state index is 12.3. The quantitative estimate of drug-likeness (QED) is 0.499. The van der Waals surface area contributed by atoms with Crippen molar-refractivity contribution < 1.29 is 19.1 Å². The lowest BCUT2D eigenvalue weighted by Crippen LogP contribution is -2.50. The number of nitrogens with zero attached hydrogens (tertiary/aromatic N) is 2. The Morgan fingerprint density at radius 2 is 1.87 bits per heavy atom. The van der Waals surface area contributed by atoms with Crippen LogP contribution in [0.1, 0.15) is 39.2 Å². The summed E-state index contributed by atoms with van der Waals surface area (Å²) in [6.45, 7) is 7.88. The van der Waals surface area contributed by atoms with Crippen molar-refractivity contribution in [3.63, 3.8) is 0 Å². The van der Waals surface area contributed by atoms with Gasteiger partial charge in [0.1, 0.15) is 5.60 Å². The molecule has 0 bridgehead atoms. The van der Waals surface area contributed by atoms with Crippen LogP contribution in [0.5, 0.6) is 0 Å². The van der Waals surface area contributed by atoms with Gasteiger partial charge in [0.15, 0.2) is 0 Å². The van der Waals surface area contributed by atoms with Gasteiger partial charge in [-0.3, -0.25) is 14.9 Å². The predicted octanol–water partition coefficient (Wildman–Crippen LogP) is 2.21. The Balaban J connectivity index is 1.75. The van der Waals surface area contributed by atoms with Gasteiger partial charge in [-0.1, -0.05) is 12.1 Å². The lowest BCUT2D eigenvalue weighted by molar-refractivity contribution is -0.134. The maximum Gasteiger partial charge on any atom is 0.410 e. The van der Waals surface area contributed by atoms with Gasteiger partial charge in [-0.15, -0.1) is 0 Å². The first-order chi connectivity index (χ1) is 14.6. The van der Waals surface area contributed by atoms with Gasteiger partial charge in [-0.25, -0.2) is 4.79 Å². The zero-order valence-electron chi connectivity index (χ0n) is 18.6. The number of imide groups is 1. The highest BCUT2D eigenvalue weighted by Gasteiger charge is 2.33. The van der Waals surface area contributed by atoms with Crippen LogP contribution in [-0.2, 0) is 14.3 Å². The Morgan fingerprint density at radius 1 is 1.19 bits per heavy atom. The summed E-state index contributed by atoms with van der Waals surface area (Å²) in [7, 11) is 1.79. The molecule has 31 heavy (non-hydrogen) atoms. The topological polar surface area (TPSA) is 115 Å². The number of piperazine rings is 1. The fourth-order valence-corrected chi connectivity index (χ4v) is 3.90. The summed E-state index contributed by atoms with van der Waals surface area (Å²) >= 11 is 0. The molecule has 3 rings (SSSR count). The van der Waals surface area contributed by atoms with Crippen molar-refractivity contribution in [2.45, 2.75) is 39.2 Å². The van der Waals surface area contributed by atoms with Crippen LogP contribution in [0.15, 0.2) is 18.2 Å². The molecule has 1 aromatic carbocycles. The molecule has 0 aliphatic carbocycles. The highest BCUT2D eigenvalue weighted by atomic mass is 16.6. The van der Waals surface area contributed by atoms with Crippen molar-refractivity contribution in [3.05, 3.63) is 23.8 Å². The van der Waals surface area contributed by atoms with Gasteiger partial charge in [0.05, 0.1) is 23.0 Å². The first kappa shape index (κ1) is 22.6.